The third-order valence-electron chi connectivity index (χ3n) is 3.41. The molecule has 0 spiro atoms. The molecule has 0 aliphatic carbocycles. The van der Waals surface area contributed by atoms with Crippen LogP contribution in [0.4, 0.5) is 0 Å². The molecule has 0 unspecified atom stereocenters. The highest BCUT2D eigenvalue weighted by Gasteiger charge is 2.14. The number of carbonyl (C=O) groups excluding carboxylic acids is 1. The maximum Gasteiger partial charge on any atom is 0.340 e. The second-order valence-electron chi connectivity index (χ2n) is 5.11. The minimum absolute atomic E-state index is 0.0465. The van der Waals surface area contributed by atoms with Gasteiger partial charge in [-0.3, -0.25) is 0 Å². The van der Waals surface area contributed by atoms with Gasteiger partial charge in [0.25, 0.3) is 0 Å². The Morgan fingerprint density at radius 2 is 2.00 bits per heavy atom. The number of rotatable bonds is 5. The van der Waals surface area contributed by atoms with Gasteiger partial charge in [-0.2, -0.15) is 0 Å². The van der Waals surface area contributed by atoms with Gasteiger partial charge in [0.15, 0.2) is 5.76 Å². The minimum atomic E-state index is -0.585. The Kier molecular flexibility index (Phi) is 5.26. The van der Waals surface area contributed by atoms with Gasteiger partial charge in [0.2, 0.25) is 0 Å². The number of nitrogens with zero attached hydrogens (tertiary/aromatic N) is 1. The highest BCUT2D eigenvalue weighted by molar-refractivity contribution is 6.35. The normalized spacial score (nSPS) is 10.5. The molecule has 5 nitrogen and oxygen atoms in total. The molecule has 0 fully saturated rings. The van der Waals surface area contributed by atoms with Gasteiger partial charge in [-0.25, -0.2) is 4.79 Å². The first-order valence-corrected chi connectivity index (χ1v) is 8.04. The average molecular weight is 378 g/mol. The maximum absolute atomic E-state index is 12.1. The number of benzene rings is 2. The van der Waals surface area contributed by atoms with Crippen molar-refractivity contribution in [2.75, 3.05) is 7.11 Å². The molecule has 0 atom stereocenters. The fraction of sp³-hybridized carbons (Fsp3) is 0.111. The quantitative estimate of drug-likeness (QED) is 0.584. The van der Waals surface area contributed by atoms with Crippen LogP contribution in [0.1, 0.15) is 16.1 Å². The van der Waals surface area contributed by atoms with Gasteiger partial charge in [-0.05, 0) is 30.3 Å². The predicted octanol–water partition coefficient (Wildman–Crippen LogP) is 5.01. The minimum Gasteiger partial charge on any atom is -0.497 e. The molecule has 0 radical (unpaired) electrons. The highest BCUT2D eigenvalue weighted by Crippen LogP contribution is 2.25. The molecular weight excluding hydrogens is 365 g/mol. The summed E-state index contributed by atoms with van der Waals surface area (Å²) in [5, 5.41) is 4.57. The molecule has 3 aromatic rings. The molecule has 2 aromatic carbocycles. The van der Waals surface area contributed by atoms with E-state index in [-0.39, 0.29) is 17.2 Å². The van der Waals surface area contributed by atoms with Crippen molar-refractivity contribution < 1.29 is 18.8 Å². The standard InChI is InChI=1S/C18H13Cl2NO4/c1-23-14-4-2-3-11(7-14)17-9-13(21-25-17)10-24-18(22)15-8-12(19)5-6-16(15)20/h2-9H,10H2,1H3. The zero-order valence-electron chi connectivity index (χ0n) is 13.2. The summed E-state index contributed by atoms with van der Waals surface area (Å²) in [4.78, 5) is 12.1. The summed E-state index contributed by atoms with van der Waals surface area (Å²) in [7, 11) is 1.59. The van der Waals surface area contributed by atoms with E-state index in [0.29, 0.717) is 22.2 Å². The van der Waals surface area contributed by atoms with E-state index in [4.69, 9.17) is 37.2 Å². The smallest absolute Gasteiger partial charge is 0.340 e. The number of halogens is 2. The van der Waals surface area contributed by atoms with E-state index in [2.05, 4.69) is 5.16 Å². The number of hydrogen-bond acceptors (Lipinski definition) is 5. The van der Waals surface area contributed by atoms with Crippen LogP contribution in [0.2, 0.25) is 10.0 Å². The number of aromatic nitrogens is 1. The van der Waals surface area contributed by atoms with Gasteiger partial charge in [0.1, 0.15) is 18.1 Å². The second-order valence-corrected chi connectivity index (χ2v) is 5.96. The Morgan fingerprint density at radius 3 is 2.80 bits per heavy atom. The van der Waals surface area contributed by atoms with Crippen molar-refractivity contribution in [1.29, 1.82) is 0 Å². The summed E-state index contributed by atoms with van der Waals surface area (Å²) in [6.45, 7) is -0.0465. The highest BCUT2D eigenvalue weighted by atomic mass is 35.5. The van der Waals surface area contributed by atoms with Crippen molar-refractivity contribution >= 4 is 29.2 Å². The van der Waals surface area contributed by atoms with Crippen molar-refractivity contribution in [2.45, 2.75) is 6.61 Å². The summed E-state index contributed by atoms with van der Waals surface area (Å²) in [6, 6.07) is 13.6. The molecule has 25 heavy (non-hydrogen) atoms. The first-order chi connectivity index (χ1) is 12.1. The lowest BCUT2D eigenvalue weighted by molar-refractivity contribution is 0.0464. The number of esters is 1. The first-order valence-electron chi connectivity index (χ1n) is 7.29. The van der Waals surface area contributed by atoms with E-state index >= 15 is 0 Å². The SMILES string of the molecule is COc1cccc(-c2cc(COC(=O)c3cc(Cl)ccc3Cl)no2)c1. The van der Waals surface area contributed by atoms with Crippen LogP contribution >= 0.6 is 23.2 Å². The summed E-state index contributed by atoms with van der Waals surface area (Å²) < 4.78 is 15.7. The maximum atomic E-state index is 12.1. The largest absolute Gasteiger partial charge is 0.497 e. The molecule has 0 bridgehead atoms. The van der Waals surface area contributed by atoms with Gasteiger partial charge in [0.05, 0.1) is 17.7 Å². The monoisotopic (exact) mass is 377 g/mol. The molecule has 0 amide bonds. The van der Waals surface area contributed by atoms with Crippen LogP contribution in [-0.4, -0.2) is 18.2 Å². The van der Waals surface area contributed by atoms with E-state index < -0.39 is 5.97 Å². The Labute approximate surface area is 154 Å². The molecule has 1 heterocycles. The predicted molar refractivity (Wildman–Crippen MR) is 94.1 cm³/mol. The van der Waals surface area contributed by atoms with E-state index in [9.17, 15) is 4.79 Å². The molecular formula is C18H13Cl2NO4. The number of methoxy groups -OCH3 is 1. The van der Waals surface area contributed by atoms with Crippen LogP contribution in [-0.2, 0) is 11.3 Å². The Bertz CT molecular complexity index is 908. The number of hydrogen-bond donors (Lipinski definition) is 0. The van der Waals surface area contributed by atoms with E-state index in [1.807, 2.05) is 24.3 Å². The van der Waals surface area contributed by atoms with Crippen LogP contribution in [0.3, 0.4) is 0 Å². The third-order valence-corrected chi connectivity index (χ3v) is 3.98. The molecule has 0 aliphatic rings. The van der Waals surface area contributed by atoms with E-state index in [0.717, 1.165) is 5.56 Å². The van der Waals surface area contributed by atoms with Crippen LogP contribution in [0.15, 0.2) is 53.1 Å². The fourth-order valence-electron chi connectivity index (χ4n) is 2.16. The lowest BCUT2D eigenvalue weighted by Crippen LogP contribution is -2.06. The van der Waals surface area contributed by atoms with E-state index in [1.165, 1.54) is 12.1 Å². The van der Waals surface area contributed by atoms with Gasteiger partial charge in [-0.1, -0.05) is 40.5 Å². The summed E-state index contributed by atoms with van der Waals surface area (Å²) in [5.74, 6) is 0.668. The molecule has 7 heteroatoms. The molecule has 0 saturated heterocycles. The number of ether oxygens (including phenoxy) is 2. The van der Waals surface area contributed by atoms with Crippen LogP contribution < -0.4 is 4.74 Å². The lowest BCUT2D eigenvalue weighted by Gasteiger charge is -2.04. The van der Waals surface area contributed by atoms with Crippen LogP contribution in [0.5, 0.6) is 5.75 Å². The molecule has 0 N–H and O–H groups in total. The fourth-order valence-corrected chi connectivity index (χ4v) is 2.53. The Balaban J connectivity index is 1.69. The van der Waals surface area contributed by atoms with Crippen LogP contribution in [0.25, 0.3) is 11.3 Å². The van der Waals surface area contributed by atoms with Crippen molar-refractivity contribution in [2.24, 2.45) is 0 Å². The van der Waals surface area contributed by atoms with Gasteiger partial charge >= 0.3 is 5.97 Å². The summed E-state index contributed by atoms with van der Waals surface area (Å²) in [6.07, 6.45) is 0. The zero-order chi connectivity index (χ0) is 17.8. The van der Waals surface area contributed by atoms with Gasteiger partial charge < -0.3 is 14.0 Å². The van der Waals surface area contributed by atoms with Crippen LogP contribution in [0, 0.1) is 0 Å². The average Bonchev–Trinajstić information content (AvgIpc) is 3.11. The topological polar surface area (TPSA) is 61.6 Å². The van der Waals surface area contributed by atoms with E-state index in [1.54, 1.807) is 19.2 Å². The Morgan fingerprint density at radius 1 is 1.16 bits per heavy atom. The van der Waals surface area contributed by atoms with Crippen molar-refractivity contribution in [1.82, 2.24) is 5.16 Å². The second kappa shape index (κ2) is 7.59. The van der Waals surface area contributed by atoms with Crippen molar-refractivity contribution in [3.63, 3.8) is 0 Å². The summed E-state index contributed by atoms with van der Waals surface area (Å²) >= 11 is 11.9. The molecule has 0 aliphatic heterocycles. The van der Waals surface area contributed by atoms with Gasteiger partial charge in [-0.15, -0.1) is 0 Å². The number of carbonyl (C=O) groups is 1. The van der Waals surface area contributed by atoms with Crippen molar-refractivity contribution in [3.8, 4) is 17.1 Å². The molecule has 3 rings (SSSR count). The summed E-state index contributed by atoms with van der Waals surface area (Å²) in [5.41, 5.74) is 1.48. The lowest BCUT2D eigenvalue weighted by atomic mass is 10.1. The third kappa shape index (κ3) is 4.13. The van der Waals surface area contributed by atoms with Gasteiger partial charge in [0, 0.05) is 16.7 Å². The first kappa shape index (κ1) is 17.3. The molecule has 128 valence electrons. The van der Waals surface area contributed by atoms with Crippen molar-refractivity contribution in [3.05, 3.63) is 69.8 Å². The molecule has 0 saturated carbocycles. The Hall–Kier alpha value is -2.50. The molecule has 1 aromatic heterocycles. The zero-order valence-corrected chi connectivity index (χ0v) is 14.7.